The SMILES string of the molecule is CCOC(=O)[C@H]1CCC[NH+](CC(=O)Nc2ccc3ccccc3c2)C1. The van der Waals surface area contributed by atoms with E-state index in [0.717, 1.165) is 40.7 Å². The first-order valence-electron chi connectivity index (χ1n) is 8.94. The van der Waals surface area contributed by atoms with Gasteiger partial charge in [0.25, 0.3) is 5.91 Å². The van der Waals surface area contributed by atoms with Crippen molar-refractivity contribution in [1.82, 2.24) is 0 Å². The fraction of sp³-hybridized carbons (Fsp3) is 0.400. The molecule has 1 heterocycles. The van der Waals surface area contributed by atoms with Gasteiger partial charge in [-0.1, -0.05) is 30.3 Å². The van der Waals surface area contributed by atoms with Crippen molar-refractivity contribution in [2.45, 2.75) is 19.8 Å². The zero-order chi connectivity index (χ0) is 17.6. The number of anilines is 1. The molecule has 2 aromatic rings. The number of rotatable bonds is 5. The van der Waals surface area contributed by atoms with E-state index in [1.54, 1.807) is 0 Å². The smallest absolute Gasteiger partial charge is 0.314 e. The molecular weight excluding hydrogens is 316 g/mol. The molecule has 3 rings (SSSR count). The van der Waals surface area contributed by atoms with E-state index in [-0.39, 0.29) is 17.8 Å². The first kappa shape index (κ1) is 17.4. The molecule has 132 valence electrons. The number of carbonyl (C=O) groups excluding carboxylic acids is 2. The Bertz CT molecular complexity index is 759. The van der Waals surface area contributed by atoms with E-state index >= 15 is 0 Å². The second kappa shape index (κ2) is 8.12. The first-order valence-corrected chi connectivity index (χ1v) is 8.94. The van der Waals surface area contributed by atoms with Crippen LogP contribution in [0.25, 0.3) is 10.8 Å². The summed E-state index contributed by atoms with van der Waals surface area (Å²) in [4.78, 5) is 25.4. The van der Waals surface area contributed by atoms with Crippen LogP contribution in [-0.4, -0.2) is 38.1 Å². The van der Waals surface area contributed by atoms with Gasteiger partial charge in [0.2, 0.25) is 0 Å². The lowest BCUT2D eigenvalue weighted by Crippen LogP contribution is -3.14. The number of ether oxygens (including phenoxy) is 1. The van der Waals surface area contributed by atoms with Gasteiger partial charge in [-0.2, -0.15) is 0 Å². The van der Waals surface area contributed by atoms with Crippen molar-refractivity contribution in [2.24, 2.45) is 5.92 Å². The number of benzene rings is 2. The zero-order valence-electron chi connectivity index (χ0n) is 14.6. The molecule has 1 aliphatic heterocycles. The number of likely N-dealkylation sites (tertiary alicyclic amines) is 1. The largest absolute Gasteiger partial charge is 0.466 e. The van der Waals surface area contributed by atoms with Crippen LogP contribution in [0.3, 0.4) is 0 Å². The average molecular weight is 341 g/mol. The summed E-state index contributed by atoms with van der Waals surface area (Å²) in [5.74, 6) is -0.235. The third kappa shape index (κ3) is 4.57. The lowest BCUT2D eigenvalue weighted by Gasteiger charge is -2.28. The molecule has 5 nitrogen and oxygen atoms in total. The molecule has 2 N–H and O–H groups in total. The molecule has 0 aliphatic carbocycles. The molecule has 0 aromatic heterocycles. The van der Waals surface area contributed by atoms with Gasteiger partial charge in [-0.25, -0.2) is 0 Å². The second-order valence-electron chi connectivity index (χ2n) is 6.58. The first-order chi connectivity index (χ1) is 12.2. The quantitative estimate of drug-likeness (QED) is 0.813. The Morgan fingerprint density at radius 3 is 2.80 bits per heavy atom. The van der Waals surface area contributed by atoms with Gasteiger partial charge in [0, 0.05) is 5.69 Å². The molecule has 1 amide bonds. The fourth-order valence-electron chi connectivity index (χ4n) is 3.47. The summed E-state index contributed by atoms with van der Waals surface area (Å²) < 4.78 is 5.12. The lowest BCUT2D eigenvalue weighted by molar-refractivity contribution is -0.899. The summed E-state index contributed by atoms with van der Waals surface area (Å²) in [6, 6.07) is 14.0. The van der Waals surface area contributed by atoms with E-state index in [9.17, 15) is 9.59 Å². The predicted octanol–water partition coefficient (Wildman–Crippen LogP) is 1.64. The van der Waals surface area contributed by atoms with Gasteiger partial charge in [0.1, 0.15) is 5.92 Å². The van der Waals surface area contributed by atoms with Crippen molar-refractivity contribution in [1.29, 1.82) is 0 Å². The Balaban J connectivity index is 1.57. The monoisotopic (exact) mass is 341 g/mol. The molecule has 5 heteroatoms. The highest BCUT2D eigenvalue weighted by Gasteiger charge is 2.30. The summed E-state index contributed by atoms with van der Waals surface area (Å²) in [5.41, 5.74) is 0.807. The van der Waals surface area contributed by atoms with Crippen molar-refractivity contribution in [3.8, 4) is 0 Å². The zero-order valence-corrected chi connectivity index (χ0v) is 14.6. The van der Waals surface area contributed by atoms with Crippen molar-refractivity contribution >= 4 is 28.3 Å². The summed E-state index contributed by atoms with van der Waals surface area (Å²) in [5, 5.41) is 5.23. The number of hydrogen-bond donors (Lipinski definition) is 2. The van der Waals surface area contributed by atoms with Crippen LogP contribution in [0.1, 0.15) is 19.8 Å². The molecule has 2 aromatic carbocycles. The van der Waals surface area contributed by atoms with Gasteiger partial charge < -0.3 is 15.0 Å². The van der Waals surface area contributed by atoms with Crippen LogP contribution >= 0.6 is 0 Å². The van der Waals surface area contributed by atoms with Crippen molar-refractivity contribution < 1.29 is 19.2 Å². The van der Waals surface area contributed by atoms with Crippen LogP contribution < -0.4 is 10.2 Å². The van der Waals surface area contributed by atoms with Crippen LogP contribution in [0, 0.1) is 5.92 Å². The molecule has 0 spiro atoms. The van der Waals surface area contributed by atoms with Crippen LogP contribution in [0.5, 0.6) is 0 Å². The topological polar surface area (TPSA) is 59.8 Å². The van der Waals surface area contributed by atoms with Crippen LogP contribution in [0.15, 0.2) is 42.5 Å². The van der Waals surface area contributed by atoms with Crippen molar-refractivity contribution in [3.05, 3.63) is 42.5 Å². The Kier molecular flexibility index (Phi) is 5.66. The third-order valence-electron chi connectivity index (χ3n) is 4.68. The van der Waals surface area contributed by atoms with E-state index in [2.05, 4.69) is 5.32 Å². The van der Waals surface area contributed by atoms with Gasteiger partial charge in [-0.05, 0) is 42.7 Å². The van der Waals surface area contributed by atoms with Crippen LogP contribution in [0.4, 0.5) is 5.69 Å². The van der Waals surface area contributed by atoms with Gasteiger partial charge in [-0.3, -0.25) is 9.59 Å². The number of amides is 1. The maximum atomic E-state index is 12.4. The lowest BCUT2D eigenvalue weighted by atomic mass is 9.98. The molecule has 1 aliphatic rings. The molecule has 1 saturated heterocycles. The van der Waals surface area contributed by atoms with Gasteiger partial charge in [0.05, 0.1) is 19.7 Å². The molecule has 0 bridgehead atoms. The van der Waals surface area contributed by atoms with E-state index in [1.165, 1.54) is 0 Å². The molecule has 1 unspecified atom stereocenters. The highest BCUT2D eigenvalue weighted by molar-refractivity contribution is 5.94. The summed E-state index contributed by atoms with van der Waals surface area (Å²) >= 11 is 0. The normalized spacial score (nSPS) is 20.2. The average Bonchev–Trinajstić information content (AvgIpc) is 2.62. The number of esters is 1. The van der Waals surface area contributed by atoms with Gasteiger partial charge in [-0.15, -0.1) is 0 Å². The van der Waals surface area contributed by atoms with Crippen molar-refractivity contribution in [3.63, 3.8) is 0 Å². The number of quaternary nitrogens is 1. The van der Waals surface area contributed by atoms with E-state index < -0.39 is 0 Å². The minimum Gasteiger partial charge on any atom is -0.466 e. The predicted molar refractivity (Wildman–Crippen MR) is 97.5 cm³/mol. The summed E-state index contributed by atoms with van der Waals surface area (Å²) in [6.07, 6.45) is 1.80. The molecule has 0 saturated carbocycles. The maximum absolute atomic E-state index is 12.4. The summed E-state index contributed by atoms with van der Waals surface area (Å²) in [6.45, 7) is 4.20. The molecule has 25 heavy (non-hydrogen) atoms. The number of piperidine rings is 1. The minimum absolute atomic E-state index is 0.0187. The third-order valence-corrected chi connectivity index (χ3v) is 4.68. The van der Waals surface area contributed by atoms with Crippen molar-refractivity contribution in [2.75, 3.05) is 31.6 Å². The summed E-state index contributed by atoms with van der Waals surface area (Å²) in [7, 11) is 0. The molecule has 0 radical (unpaired) electrons. The standard InChI is InChI=1S/C20H24N2O3/c1-2-25-20(24)17-8-5-11-22(13-17)14-19(23)21-18-10-9-15-6-3-4-7-16(15)12-18/h3-4,6-7,9-10,12,17H,2,5,8,11,13-14H2,1H3,(H,21,23)/p+1/t17-/m0/s1. The Hall–Kier alpha value is -2.40. The van der Waals surface area contributed by atoms with Crippen LogP contribution in [-0.2, 0) is 14.3 Å². The minimum atomic E-state index is -0.130. The van der Waals surface area contributed by atoms with E-state index in [4.69, 9.17) is 4.74 Å². The number of fused-ring (bicyclic) bond motifs is 1. The Morgan fingerprint density at radius 1 is 1.20 bits per heavy atom. The Labute approximate surface area is 148 Å². The number of hydrogen-bond acceptors (Lipinski definition) is 3. The molecule has 2 atom stereocenters. The second-order valence-corrected chi connectivity index (χ2v) is 6.58. The molecular formula is C20H25N2O3+. The number of carbonyl (C=O) groups is 2. The van der Waals surface area contributed by atoms with E-state index in [0.29, 0.717) is 19.7 Å². The maximum Gasteiger partial charge on any atom is 0.314 e. The Morgan fingerprint density at radius 2 is 2.00 bits per heavy atom. The van der Waals surface area contributed by atoms with Crippen LogP contribution in [0.2, 0.25) is 0 Å². The highest BCUT2D eigenvalue weighted by Crippen LogP contribution is 2.18. The van der Waals surface area contributed by atoms with Gasteiger partial charge >= 0.3 is 5.97 Å². The molecule has 1 fully saturated rings. The highest BCUT2D eigenvalue weighted by atomic mass is 16.5. The fourth-order valence-corrected chi connectivity index (χ4v) is 3.47. The van der Waals surface area contributed by atoms with E-state index in [1.807, 2.05) is 49.4 Å². The van der Waals surface area contributed by atoms with Gasteiger partial charge in [0.15, 0.2) is 6.54 Å². The number of nitrogens with one attached hydrogen (secondary N) is 2.